The van der Waals surface area contributed by atoms with Crippen LogP contribution < -0.4 is 4.90 Å². The first-order chi connectivity index (χ1) is 11.1. The Labute approximate surface area is 140 Å². The van der Waals surface area contributed by atoms with Gasteiger partial charge in [0.15, 0.2) is 0 Å². The smallest absolute Gasteiger partial charge is 0.227 e. The number of anilines is 1. The number of halogens is 2. The van der Waals surface area contributed by atoms with Crippen LogP contribution in [0, 0.1) is 5.82 Å². The van der Waals surface area contributed by atoms with Gasteiger partial charge in [0.1, 0.15) is 5.82 Å². The lowest BCUT2D eigenvalue weighted by molar-refractivity contribution is -0.130. The number of rotatable bonds is 2. The SMILES string of the molecule is CN1CCN(C(=O)Cc2c(F)cccc2Cl)Cc2ccccc21. The minimum atomic E-state index is -0.432. The lowest BCUT2D eigenvalue weighted by atomic mass is 10.1. The molecule has 2 aromatic rings. The van der Waals surface area contributed by atoms with Gasteiger partial charge in [0.05, 0.1) is 6.42 Å². The number of amides is 1. The fourth-order valence-electron chi connectivity index (χ4n) is 2.87. The first kappa shape index (κ1) is 15.8. The van der Waals surface area contributed by atoms with E-state index >= 15 is 0 Å². The highest BCUT2D eigenvalue weighted by Crippen LogP contribution is 2.25. The van der Waals surface area contributed by atoms with Crippen LogP contribution in [0.1, 0.15) is 11.1 Å². The lowest BCUT2D eigenvalue weighted by Crippen LogP contribution is -2.35. The maximum Gasteiger partial charge on any atom is 0.227 e. The van der Waals surface area contributed by atoms with Crippen LogP contribution in [0.25, 0.3) is 0 Å². The van der Waals surface area contributed by atoms with Gasteiger partial charge in [0.25, 0.3) is 0 Å². The average Bonchev–Trinajstić information content (AvgIpc) is 2.71. The highest BCUT2D eigenvalue weighted by atomic mass is 35.5. The van der Waals surface area contributed by atoms with Crippen molar-refractivity contribution < 1.29 is 9.18 Å². The van der Waals surface area contributed by atoms with Crippen LogP contribution in [0.2, 0.25) is 5.02 Å². The number of para-hydroxylation sites is 1. The molecule has 0 saturated carbocycles. The molecule has 1 aliphatic heterocycles. The number of fused-ring (bicyclic) bond motifs is 1. The third kappa shape index (κ3) is 3.32. The molecule has 1 heterocycles. The third-order valence-electron chi connectivity index (χ3n) is 4.21. The Morgan fingerprint density at radius 1 is 1.17 bits per heavy atom. The number of carbonyl (C=O) groups is 1. The predicted octanol–water partition coefficient (Wildman–Crippen LogP) is 3.50. The van der Waals surface area contributed by atoms with Crippen LogP contribution >= 0.6 is 11.6 Å². The Bertz CT molecular complexity index is 714. The van der Waals surface area contributed by atoms with E-state index in [2.05, 4.69) is 11.0 Å². The number of nitrogens with zero attached hydrogens (tertiary/aromatic N) is 2. The molecule has 2 aromatic carbocycles. The van der Waals surface area contributed by atoms with Crippen molar-refractivity contribution in [1.29, 1.82) is 0 Å². The Kier molecular flexibility index (Phi) is 4.53. The number of carbonyl (C=O) groups excluding carboxylic acids is 1. The second-order valence-electron chi connectivity index (χ2n) is 5.74. The van der Waals surface area contributed by atoms with Crippen LogP contribution in [0.3, 0.4) is 0 Å². The molecule has 0 N–H and O–H groups in total. The quantitative estimate of drug-likeness (QED) is 0.840. The molecule has 120 valence electrons. The van der Waals surface area contributed by atoms with E-state index < -0.39 is 5.82 Å². The van der Waals surface area contributed by atoms with Gasteiger partial charge in [-0.05, 0) is 23.8 Å². The van der Waals surface area contributed by atoms with Crippen LogP contribution in [-0.2, 0) is 17.8 Å². The predicted molar refractivity (Wildman–Crippen MR) is 90.2 cm³/mol. The molecule has 0 aliphatic carbocycles. The minimum Gasteiger partial charge on any atom is -0.373 e. The molecular formula is C18H18ClFN2O. The number of hydrogen-bond acceptors (Lipinski definition) is 2. The molecule has 0 aromatic heterocycles. The summed E-state index contributed by atoms with van der Waals surface area (Å²) in [5.74, 6) is -0.541. The van der Waals surface area contributed by atoms with Crippen molar-refractivity contribution >= 4 is 23.2 Å². The van der Waals surface area contributed by atoms with Gasteiger partial charge in [0, 0.05) is 43.0 Å². The third-order valence-corrected chi connectivity index (χ3v) is 4.57. The van der Waals surface area contributed by atoms with E-state index in [1.165, 1.54) is 6.07 Å². The lowest BCUT2D eigenvalue weighted by Gasteiger charge is -2.21. The largest absolute Gasteiger partial charge is 0.373 e. The zero-order valence-corrected chi connectivity index (χ0v) is 13.7. The fraction of sp³-hybridized carbons (Fsp3) is 0.278. The maximum atomic E-state index is 13.9. The van der Waals surface area contributed by atoms with E-state index in [-0.39, 0.29) is 17.9 Å². The summed E-state index contributed by atoms with van der Waals surface area (Å²) in [7, 11) is 2.01. The Morgan fingerprint density at radius 2 is 1.96 bits per heavy atom. The summed E-state index contributed by atoms with van der Waals surface area (Å²) in [6, 6.07) is 12.5. The van der Waals surface area contributed by atoms with Crippen molar-refractivity contribution in [3.63, 3.8) is 0 Å². The molecule has 0 atom stereocenters. The van der Waals surface area contributed by atoms with E-state index in [1.807, 2.05) is 25.2 Å². The zero-order valence-electron chi connectivity index (χ0n) is 12.9. The summed E-state index contributed by atoms with van der Waals surface area (Å²) in [5.41, 5.74) is 2.50. The van der Waals surface area contributed by atoms with Crippen molar-refractivity contribution in [3.8, 4) is 0 Å². The van der Waals surface area contributed by atoms with Crippen molar-refractivity contribution in [3.05, 3.63) is 64.4 Å². The number of benzene rings is 2. The van der Waals surface area contributed by atoms with Gasteiger partial charge in [0.2, 0.25) is 5.91 Å². The topological polar surface area (TPSA) is 23.6 Å². The van der Waals surface area contributed by atoms with E-state index in [4.69, 9.17) is 11.6 Å². The van der Waals surface area contributed by atoms with Crippen molar-refractivity contribution in [2.45, 2.75) is 13.0 Å². The Morgan fingerprint density at radius 3 is 2.74 bits per heavy atom. The average molecular weight is 333 g/mol. The highest BCUT2D eigenvalue weighted by Gasteiger charge is 2.22. The fourth-order valence-corrected chi connectivity index (χ4v) is 3.10. The highest BCUT2D eigenvalue weighted by molar-refractivity contribution is 6.31. The second-order valence-corrected chi connectivity index (χ2v) is 6.15. The summed E-state index contributed by atoms with van der Waals surface area (Å²) in [6.45, 7) is 1.88. The van der Waals surface area contributed by atoms with Gasteiger partial charge in [-0.15, -0.1) is 0 Å². The first-order valence-electron chi connectivity index (χ1n) is 7.56. The molecule has 0 bridgehead atoms. The molecule has 0 saturated heterocycles. The summed E-state index contributed by atoms with van der Waals surface area (Å²) >= 11 is 6.03. The summed E-state index contributed by atoms with van der Waals surface area (Å²) in [4.78, 5) is 16.5. The molecule has 0 unspecified atom stereocenters. The van der Waals surface area contributed by atoms with Crippen LogP contribution in [0.4, 0.5) is 10.1 Å². The first-order valence-corrected chi connectivity index (χ1v) is 7.94. The van der Waals surface area contributed by atoms with E-state index in [0.717, 1.165) is 17.8 Å². The second kappa shape index (κ2) is 6.59. The minimum absolute atomic E-state index is 0.0165. The van der Waals surface area contributed by atoms with Gasteiger partial charge in [-0.1, -0.05) is 35.9 Å². The molecular weight excluding hydrogens is 315 g/mol. The molecule has 0 radical (unpaired) electrons. The van der Waals surface area contributed by atoms with E-state index in [1.54, 1.807) is 17.0 Å². The Balaban J connectivity index is 1.81. The molecule has 3 rings (SSSR count). The zero-order chi connectivity index (χ0) is 16.4. The van der Waals surface area contributed by atoms with Crippen molar-refractivity contribution in [2.75, 3.05) is 25.0 Å². The van der Waals surface area contributed by atoms with Crippen LogP contribution in [0.15, 0.2) is 42.5 Å². The van der Waals surface area contributed by atoms with Gasteiger partial charge >= 0.3 is 0 Å². The van der Waals surface area contributed by atoms with Crippen molar-refractivity contribution in [2.24, 2.45) is 0 Å². The standard InChI is InChI=1S/C18H18ClFN2O/c1-21-9-10-22(12-13-5-2-3-8-17(13)21)18(23)11-14-15(19)6-4-7-16(14)20/h2-8H,9-12H2,1H3. The maximum absolute atomic E-state index is 13.9. The summed E-state index contributed by atoms with van der Waals surface area (Å²) in [6.07, 6.45) is -0.0165. The summed E-state index contributed by atoms with van der Waals surface area (Å²) in [5, 5.41) is 0.297. The van der Waals surface area contributed by atoms with Gasteiger partial charge in [-0.3, -0.25) is 4.79 Å². The molecule has 23 heavy (non-hydrogen) atoms. The normalized spacial score (nSPS) is 14.4. The molecule has 1 amide bonds. The van der Waals surface area contributed by atoms with Gasteiger partial charge in [-0.25, -0.2) is 4.39 Å². The van der Waals surface area contributed by atoms with Crippen LogP contribution in [-0.4, -0.2) is 30.9 Å². The van der Waals surface area contributed by atoms with E-state index in [9.17, 15) is 9.18 Å². The monoisotopic (exact) mass is 332 g/mol. The van der Waals surface area contributed by atoms with Gasteiger partial charge in [-0.2, -0.15) is 0 Å². The molecule has 3 nitrogen and oxygen atoms in total. The number of likely N-dealkylation sites (N-methyl/N-ethyl adjacent to an activating group) is 1. The summed E-state index contributed by atoms with van der Waals surface area (Å²) < 4.78 is 13.9. The Hall–Kier alpha value is -2.07. The molecule has 5 heteroatoms. The van der Waals surface area contributed by atoms with E-state index in [0.29, 0.717) is 18.1 Å². The van der Waals surface area contributed by atoms with Gasteiger partial charge < -0.3 is 9.80 Å². The van der Waals surface area contributed by atoms with Crippen LogP contribution in [0.5, 0.6) is 0 Å². The van der Waals surface area contributed by atoms with Crippen molar-refractivity contribution in [1.82, 2.24) is 4.90 Å². The molecule has 0 fully saturated rings. The molecule has 0 spiro atoms. The molecule has 1 aliphatic rings. The number of hydrogen-bond donors (Lipinski definition) is 0.